The van der Waals surface area contributed by atoms with Crippen molar-refractivity contribution in [3.63, 3.8) is 0 Å². The quantitative estimate of drug-likeness (QED) is 0.707. The minimum absolute atomic E-state index is 0.516. The third-order valence-electron chi connectivity index (χ3n) is 3.07. The Labute approximate surface area is 92.2 Å². The SMILES string of the molecule is CC(C)c1cnc(C(C)C)c2c1CC=C2. The highest BCUT2D eigenvalue weighted by Gasteiger charge is 2.18. The molecule has 0 aromatic carbocycles. The smallest absolute Gasteiger partial charge is 0.0504 e. The molecule has 80 valence electrons. The van der Waals surface area contributed by atoms with Gasteiger partial charge < -0.3 is 0 Å². The molecule has 0 atom stereocenters. The molecule has 1 aliphatic carbocycles. The first-order chi connectivity index (χ1) is 7.11. The zero-order valence-corrected chi connectivity index (χ0v) is 10.0. The van der Waals surface area contributed by atoms with Gasteiger partial charge in [-0.05, 0) is 34.9 Å². The summed E-state index contributed by atoms with van der Waals surface area (Å²) in [6.45, 7) is 8.91. The van der Waals surface area contributed by atoms with Gasteiger partial charge in [0.15, 0.2) is 0 Å². The van der Waals surface area contributed by atoms with Crippen LogP contribution in [0.4, 0.5) is 0 Å². The van der Waals surface area contributed by atoms with Crippen LogP contribution in [-0.4, -0.2) is 4.98 Å². The molecule has 0 spiro atoms. The van der Waals surface area contributed by atoms with Gasteiger partial charge in [0.2, 0.25) is 0 Å². The first kappa shape index (κ1) is 10.4. The van der Waals surface area contributed by atoms with Crippen LogP contribution < -0.4 is 0 Å². The summed E-state index contributed by atoms with van der Waals surface area (Å²) in [6.07, 6.45) is 7.66. The predicted octanol–water partition coefficient (Wildman–Crippen LogP) is 3.90. The summed E-state index contributed by atoms with van der Waals surface area (Å²) in [7, 11) is 0. The third kappa shape index (κ3) is 1.71. The number of fused-ring (bicyclic) bond motifs is 1. The van der Waals surface area contributed by atoms with Crippen molar-refractivity contribution in [2.75, 3.05) is 0 Å². The lowest BCUT2D eigenvalue weighted by atomic mass is 9.93. The Bertz CT molecular complexity index is 400. The average molecular weight is 201 g/mol. The van der Waals surface area contributed by atoms with Crippen LogP contribution in [0.2, 0.25) is 0 Å². The van der Waals surface area contributed by atoms with Crippen molar-refractivity contribution in [3.8, 4) is 0 Å². The predicted molar refractivity (Wildman–Crippen MR) is 65.2 cm³/mol. The molecule has 0 N–H and O–H groups in total. The maximum atomic E-state index is 4.62. The Morgan fingerprint density at radius 2 is 1.87 bits per heavy atom. The van der Waals surface area contributed by atoms with E-state index in [-0.39, 0.29) is 0 Å². The fourth-order valence-electron chi connectivity index (χ4n) is 2.26. The van der Waals surface area contributed by atoms with Crippen molar-refractivity contribution >= 4 is 6.08 Å². The van der Waals surface area contributed by atoms with Crippen LogP contribution in [0.3, 0.4) is 0 Å². The Hall–Kier alpha value is -1.11. The number of nitrogens with zero attached hydrogens (tertiary/aromatic N) is 1. The van der Waals surface area contributed by atoms with Crippen LogP contribution in [0.5, 0.6) is 0 Å². The van der Waals surface area contributed by atoms with Crippen molar-refractivity contribution in [1.29, 1.82) is 0 Å². The van der Waals surface area contributed by atoms with Gasteiger partial charge in [0.1, 0.15) is 0 Å². The van der Waals surface area contributed by atoms with Gasteiger partial charge in [-0.15, -0.1) is 0 Å². The lowest BCUT2D eigenvalue weighted by Gasteiger charge is -2.16. The van der Waals surface area contributed by atoms with E-state index in [1.165, 1.54) is 22.4 Å². The van der Waals surface area contributed by atoms with Crippen LogP contribution in [0.1, 0.15) is 61.9 Å². The molecular formula is C14H19N. The topological polar surface area (TPSA) is 12.9 Å². The third-order valence-corrected chi connectivity index (χ3v) is 3.07. The van der Waals surface area contributed by atoms with Crippen molar-refractivity contribution < 1.29 is 0 Å². The lowest BCUT2D eigenvalue weighted by molar-refractivity contribution is 0.791. The van der Waals surface area contributed by atoms with Crippen LogP contribution in [0, 0.1) is 0 Å². The number of hydrogen-bond acceptors (Lipinski definition) is 1. The summed E-state index contributed by atoms with van der Waals surface area (Å²) in [4.78, 5) is 4.62. The zero-order valence-electron chi connectivity index (χ0n) is 10.0. The number of rotatable bonds is 2. The molecule has 0 amide bonds. The van der Waals surface area contributed by atoms with Gasteiger partial charge in [-0.25, -0.2) is 0 Å². The highest BCUT2D eigenvalue weighted by atomic mass is 14.7. The maximum absolute atomic E-state index is 4.62. The summed E-state index contributed by atoms with van der Waals surface area (Å²) >= 11 is 0. The fraction of sp³-hybridized carbons (Fsp3) is 0.500. The van der Waals surface area contributed by atoms with E-state index in [4.69, 9.17) is 0 Å². The standard InChI is InChI=1S/C14H19N/c1-9(2)13-8-15-14(10(3)4)12-7-5-6-11(12)13/h5,7-10H,6H2,1-4H3. The van der Waals surface area contributed by atoms with Gasteiger partial charge >= 0.3 is 0 Å². The second-order valence-corrected chi connectivity index (χ2v) is 4.91. The molecule has 15 heavy (non-hydrogen) atoms. The van der Waals surface area contributed by atoms with Gasteiger partial charge in [-0.3, -0.25) is 4.98 Å². The van der Waals surface area contributed by atoms with Crippen molar-refractivity contribution in [2.24, 2.45) is 0 Å². The molecule has 0 radical (unpaired) electrons. The average Bonchev–Trinajstić information content (AvgIpc) is 2.63. The van der Waals surface area contributed by atoms with Crippen molar-refractivity contribution in [3.05, 3.63) is 34.7 Å². The van der Waals surface area contributed by atoms with E-state index in [2.05, 4.69) is 51.0 Å². The molecule has 0 aliphatic heterocycles. The van der Waals surface area contributed by atoms with E-state index in [1.54, 1.807) is 0 Å². The Morgan fingerprint density at radius 3 is 2.47 bits per heavy atom. The summed E-state index contributed by atoms with van der Waals surface area (Å²) in [5.41, 5.74) is 5.56. The molecule has 1 heterocycles. The van der Waals surface area contributed by atoms with E-state index in [0.717, 1.165) is 6.42 Å². The summed E-state index contributed by atoms with van der Waals surface area (Å²) in [5.74, 6) is 1.09. The molecular weight excluding hydrogens is 182 g/mol. The van der Waals surface area contributed by atoms with Gasteiger partial charge in [0.05, 0.1) is 5.69 Å². The molecule has 0 saturated carbocycles. The molecule has 0 bridgehead atoms. The molecule has 0 fully saturated rings. The van der Waals surface area contributed by atoms with E-state index in [1.807, 2.05) is 0 Å². The first-order valence-corrected chi connectivity index (χ1v) is 5.79. The Balaban J connectivity index is 2.57. The molecule has 1 aromatic heterocycles. The highest BCUT2D eigenvalue weighted by molar-refractivity contribution is 5.64. The number of allylic oxidation sites excluding steroid dienone is 1. The number of aromatic nitrogens is 1. The Morgan fingerprint density at radius 1 is 1.13 bits per heavy atom. The van der Waals surface area contributed by atoms with Gasteiger partial charge in [-0.2, -0.15) is 0 Å². The molecule has 1 aromatic rings. The van der Waals surface area contributed by atoms with E-state index >= 15 is 0 Å². The van der Waals surface area contributed by atoms with Crippen molar-refractivity contribution in [2.45, 2.75) is 46.0 Å². The van der Waals surface area contributed by atoms with Crippen LogP contribution in [0.15, 0.2) is 12.3 Å². The normalized spacial score (nSPS) is 14.0. The molecule has 0 saturated heterocycles. The second kappa shape index (κ2) is 3.80. The minimum Gasteiger partial charge on any atom is -0.260 e. The van der Waals surface area contributed by atoms with Crippen LogP contribution >= 0.6 is 0 Å². The monoisotopic (exact) mass is 201 g/mol. The van der Waals surface area contributed by atoms with Gasteiger partial charge in [0.25, 0.3) is 0 Å². The van der Waals surface area contributed by atoms with E-state index in [0.29, 0.717) is 11.8 Å². The largest absolute Gasteiger partial charge is 0.260 e. The molecule has 1 aliphatic rings. The van der Waals surface area contributed by atoms with Crippen LogP contribution in [-0.2, 0) is 6.42 Å². The molecule has 1 nitrogen and oxygen atoms in total. The lowest BCUT2D eigenvalue weighted by Crippen LogP contribution is -2.03. The van der Waals surface area contributed by atoms with Crippen LogP contribution in [0.25, 0.3) is 6.08 Å². The van der Waals surface area contributed by atoms with E-state index < -0.39 is 0 Å². The zero-order chi connectivity index (χ0) is 11.0. The van der Waals surface area contributed by atoms with Gasteiger partial charge in [-0.1, -0.05) is 39.8 Å². The van der Waals surface area contributed by atoms with E-state index in [9.17, 15) is 0 Å². The summed E-state index contributed by atoms with van der Waals surface area (Å²) < 4.78 is 0. The molecule has 2 rings (SSSR count). The summed E-state index contributed by atoms with van der Waals surface area (Å²) in [5, 5.41) is 0. The summed E-state index contributed by atoms with van der Waals surface area (Å²) in [6, 6.07) is 0. The number of hydrogen-bond donors (Lipinski definition) is 0. The molecule has 1 heteroatoms. The minimum atomic E-state index is 0.516. The molecule has 0 unspecified atom stereocenters. The highest BCUT2D eigenvalue weighted by Crippen LogP contribution is 2.32. The van der Waals surface area contributed by atoms with Gasteiger partial charge in [0, 0.05) is 6.20 Å². The van der Waals surface area contributed by atoms with Crippen molar-refractivity contribution in [1.82, 2.24) is 4.98 Å². The first-order valence-electron chi connectivity index (χ1n) is 5.79. The Kier molecular flexibility index (Phi) is 2.64. The number of pyridine rings is 1. The maximum Gasteiger partial charge on any atom is 0.0504 e. The fourth-order valence-corrected chi connectivity index (χ4v) is 2.26. The second-order valence-electron chi connectivity index (χ2n) is 4.91.